The van der Waals surface area contributed by atoms with Gasteiger partial charge in [0.2, 0.25) is 6.33 Å². The first kappa shape index (κ1) is 18.6. The van der Waals surface area contributed by atoms with E-state index in [1.807, 2.05) is 0 Å². The number of carbonyl (C=O) groups is 1. The van der Waals surface area contributed by atoms with Crippen LogP contribution >= 0.6 is 0 Å². The molecule has 0 aliphatic rings. The zero-order valence-corrected chi connectivity index (χ0v) is 12.9. The number of aliphatic hydroxyl groups excluding tert-OH is 1. The van der Waals surface area contributed by atoms with Gasteiger partial charge < -0.3 is 15.0 Å². The summed E-state index contributed by atoms with van der Waals surface area (Å²) in [5.74, 6) is -1.44. The van der Waals surface area contributed by atoms with Crippen molar-refractivity contribution in [1.82, 2.24) is 4.57 Å². The first-order valence-electron chi connectivity index (χ1n) is 7.37. The fourth-order valence-electron chi connectivity index (χ4n) is 1.71. The zero-order chi connectivity index (χ0) is 15.4. The van der Waals surface area contributed by atoms with Crippen molar-refractivity contribution in [1.29, 1.82) is 0 Å². The number of aliphatic carboxylic acids is 1. The van der Waals surface area contributed by atoms with Crippen molar-refractivity contribution < 1.29 is 19.6 Å². The van der Waals surface area contributed by atoms with E-state index in [0.29, 0.717) is 0 Å². The molecule has 0 fully saturated rings. The van der Waals surface area contributed by atoms with E-state index in [1.165, 1.54) is 45.1 Å². The van der Waals surface area contributed by atoms with Gasteiger partial charge in [-0.25, -0.2) is 9.13 Å². The highest BCUT2D eigenvalue weighted by molar-refractivity contribution is 5.68. The van der Waals surface area contributed by atoms with Crippen LogP contribution in [0.1, 0.15) is 52.4 Å². The normalized spacial score (nSPS) is 11.6. The van der Waals surface area contributed by atoms with Gasteiger partial charge in [0.15, 0.2) is 0 Å². The van der Waals surface area contributed by atoms with Crippen molar-refractivity contribution >= 4 is 5.97 Å². The molecule has 5 nitrogen and oxygen atoms in total. The van der Waals surface area contributed by atoms with E-state index >= 15 is 0 Å². The van der Waals surface area contributed by atoms with Crippen LogP contribution in [-0.2, 0) is 18.4 Å². The molecule has 0 saturated heterocycles. The van der Waals surface area contributed by atoms with Crippen LogP contribution in [0.5, 0.6) is 0 Å². The number of imidazole rings is 1. The lowest BCUT2D eigenvalue weighted by atomic mass is 10.1. The summed E-state index contributed by atoms with van der Waals surface area (Å²) < 4.78 is 4.36. The fraction of sp³-hybridized carbons (Fsp3) is 0.733. The van der Waals surface area contributed by atoms with E-state index < -0.39 is 12.1 Å². The van der Waals surface area contributed by atoms with Crippen molar-refractivity contribution in [2.24, 2.45) is 7.05 Å². The number of aliphatic hydroxyl groups is 1. The molecule has 0 aromatic carbocycles. The molecule has 0 bridgehead atoms. The number of aryl methyl sites for hydroxylation is 2. The first-order chi connectivity index (χ1) is 9.47. The number of hydrogen-bond acceptors (Lipinski definition) is 3. The van der Waals surface area contributed by atoms with Gasteiger partial charge in [-0.1, -0.05) is 32.6 Å². The van der Waals surface area contributed by atoms with Crippen molar-refractivity contribution in [2.75, 3.05) is 0 Å². The SMILES string of the molecule is CC(O)C(=O)[O-].CCCCCCCC[n+]1ccn(C)c1. The monoisotopic (exact) mass is 284 g/mol. The second-order valence-corrected chi connectivity index (χ2v) is 5.08. The number of aromatic nitrogens is 2. The van der Waals surface area contributed by atoms with Crippen LogP contribution in [0, 0.1) is 0 Å². The average molecular weight is 284 g/mol. The topological polar surface area (TPSA) is 69.2 Å². The number of carboxylic acid groups (broad SMARTS) is 1. The Balaban J connectivity index is 0.000000511. The Kier molecular flexibility index (Phi) is 10.7. The van der Waals surface area contributed by atoms with E-state index in [0.717, 1.165) is 6.92 Å². The smallest absolute Gasteiger partial charge is 0.243 e. The highest BCUT2D eigenvalue weighted by Crippen LogP contribution is 2.04. The Labute approximate surface area is 121 Å². The third-order valence-corrected chi connectivity index (χ3v) is 2.93. The molecule has 1 aromatic heterocycles. The molecule has 20 heavy (non-hydrogen) atoms. The van der Waals surface area contributed by atoms with Gasteiger partial charge in [-0.05, 0) is 19.8 Å². The number of unbranched alkanes of at least 4 members (excludes halogenated alkanes) is 5. The quantitative estimate of drug-likeness (QED) is 0.567. The molecule has 0 saturated carbocycles. The van der Waals surface area contributed by atoms with Gasteiger partial charge in [0.1, 0.15) is 12.4 Å². The number of hydrogen-bond donors (Lipinski definition) is 1. The molecule has 1 atom stereocenters. The van der Waals surface area contributed by atoms with Crippen LogP contribution in [-0.4, -0.2) is 21.7 Å². The second-order valence-electron chi connectivity index (χ2n) is 5.08. The number of carbonyl (C=O) groups excluding carboxylic acids is 1. The Morgan fingerprint density at radius 2 is 1.85 bits per heavy atom. The summed E-state index contributed by atoms with van der Waals surface area (Å²) in [5.41, 5.74) is 0. The molecule has 116 valence electrons. The molecule has 0 radical (unpaired) electrons. The van der Waals surface area contributed by atoms with Crippen LogP contribution in [0.15, 0.2) is 18.7 Å². The molecule has 1 aromatic rings. The fourth-order valence-corrected chi connectivity index (χ4v) is 1.71. The van der Waals surface area contributed by atoms with Gasteiger partial charge in [-0.2, -0.15) is 0 Å². The molecule has 1 N–H and O–H groups in total. The average Bonchev–Trinajstić information content (AvgIpc) is 2.80. The minimum atomic E-state index is -1.44. The van der Waals surface area contributed by atoms with Crippen molar-refractivity contribution in [3.05, 3.63) is 18.7 Å². The molecule has 0 spiro atoms. The molecule has 0 amide bonds. The predicted octanol–water partition coefficient (Wildman–Crippen LogP) is 0.790. The summed E-state index contributed by atoms with van der Waals surface area (Å²) >= 11 is 0. The molecule has 1 rings (SSSR count). The highest BCUT2D eigenvalue weighted by Gasteiger charge is 1.98. The minimum absolute atomic E-state index is 1.13. The molecular weight excluding hydrogens is 256 g/mol. The second kappa shape index (κ2) is 11.5. The lowest BCUT2D eigenvalue weighted by Crippen LogP contribution is -2.32. The van der Waals surface area contributed by atoms with E-state index in [9.17, 15) is 9.90 Å². The molecule has 0 aliphatic carbocycles. The first-order valence-corrected chi connectivity index (χ1v) is 7.37. The van der Waals surface area contributed by atoms with E-state index in [2.05, 4.69) is 41.8 Å². The molecule has 5 heteroatoms. The summed E-state index contributed by atoms with van der Waals surface area (Å²) in [6.07, 6.45) is 13.3. The third-order valence-electron chi connectivity index (χ3n) is 2.93. The maximum atomic E-state index is 9.34. The van der Waals surface area contributed by atoms with Gasteiger partial charge in [-0.3, -0.25) is 0 Å². The van der Waals surface area contributed by atoms with Crippen LogP contribution in [0.3, 0.4) is 0 Å². The van der Waals surface area contributed by atoms with Crippen molar-refractivity contribution in [2.45, 2.75) is 65.0 Å². The molecular formula is C15H28N2O3. The summed E-state index contributed by atoms with van der Waals surface area (Å²) in [4.78, 5) is 9.34. The van der Waals surface area contributed by atoms with Crippen molar-refractivity contribution in [3.8, 4) is 0 Å². The Hall–Kier alpha value is -1.36. The van der Waals surface area contributed by atoms with Gasteiger partial charge in [0.05, 0.1) is 25.7 Å². The van der Waals surface area contributed by atoms with E-state index in [-0.39, 0.29) is 0 Å². The summed E-state index contributed by atoms with van der Waals surface area (Å²) in [6, 6.07) is 0. The summed E-state index contributed by atoms with van der Waals surface area (Å²) in [5, 5.41) is 17.3. The van der Waals surface area contributed by atoms with Crippen LogP contribution in [0.4, 0.5) is 0 Å². The minimum Gasteiger partial charge on any atom is -0.547 e. The van der Waals surface area contributed by atoms with E-state index in [1.54, 1.807) is 0 Å². The Morgan fingerprint density at radius 3 is 2.30 bits per heavy atom. The third kappa shape index (κ3) is 10.6. The van der Waals surface area contributed by atoms with Gasteiger partial charge in [-0.15, -0.1) is 0 Å². The Bertz CT molecular complexity index is 362. The lowest BCUT2D eigenvalue weighted by molar-refractivity contribution is -0.696. The van der Waals surface area contributed by atoms with Crippen LogP contribution in [0.2, 0.25) is 0 Å². The largest absolute Gasteiger partial charge is 0.547 e. The number of rotatable bonds is 8. The number of nitrogens with zero attached hydrogens (tertiary/aromatic N) is 2. The predicted molar refractivity (Wildman–Crippen MR) is 75.7 cm³/mol. The van der Waals surface area contributed by atoms with Crippen LogP contribution in [0.25, 0.3) is 0 Å². The van der Waals surface area contributed by atoms with Gasteiger partial charge >= 0.3 is 0 Å². The maximum absolute atomic E-state index is 9.34. The molecule has 1 unspecified atom stereocenters. The molecule has 0 aliphatic heterocycles. The highest BCUT2D eigenvalue weighted by atomic mass is 16.4. The Morgan fingerprint density at radius 1 is 1.30 bits per heavy atom. The van der Waals surface area contributed by atoms with E-state index in [4.69, 9.17) is 5.11 Å². The summed E-state index contributed by atoms with van der Waals surface area (Å²) in [6.45, 7) is 4.57. The zero-order valence-electron chi connectivity index (χ0n) is 12.9. The van der Waals surface area contributed by atoms with Crippen molar-refractivity contribution in [3.63, 3.8) is 0 Å². The van der Waals surface area contributed by atoms with Gasteiger partial charge in [0, 0.05) is 0 Å². The molecule has 1 heterocycles. The number of carboxylic acids is 1. The lowest BCUT2D eigenvalue weighted by Gasteiger charge is -2.00. The standard InChI is InChI=1S/C12H23N2.C3H6O3/c1-3-4-5-6-7-8-9-14-11-10-13(2)12-14;1-2(4)3(5)6/h10-12H,3-9H2,1-2H3;2,4H,1H3,(H,5,6)/q+1;/p-1. The van der Waals surface area contributed by atoms with Crippen LogP contribution < -0.4 is 9.67 Å². The summed E-state index contributed by atoms with van der Waals surface area (Å²) in [7, 11) is 2.07. The van der Waals surface area contributed by atoms with Gasteiger partial charge in [0.25, 0.3) is 0 Å². The maximum Gasteiger partial charge on any atom is 0.243 e.